The summed E-state index contributed by atoms with van der Waals surface area (Å²) in [6.45, 7) is 5.37. The second-order valence-corrected chi connectivity index (χ2v) is 4.59. The minimum Gasteiger partial charge on any atom is -0.355 e. The van der Waals surface area contributed by atoms with Gasteiger partial charge in [-0.2, -0.15) is 0 Å². The summed E-state index contributed by atoms with van der Waals surface area (Å²) >= 11 is 0. The maximum absolute atomic E-state index is 11.8. The van der Waals surface area contributed by atoms with Crippen molar-refractivity contribution >= 4 is 11.8 Å². The average molecular weight is 257 g/mol. The molecule has 0 spiro atoms. The van der Waals surface area contributed by atoms with Crippen LogP contribution in [0.5, 0.6) is 0 Å². The van der Waals surface area contributed by atoms with Crippen molar-refractivity contribution in [2.24, 2.45) is 11.7 Å². The SMILES string of the molecule is CCNC(=O)CN(C)C(=O)CCC(CC)CCN. The Morgan fingerprint density at radius 3 is 2.44 bits per heavy atom. The molecule has 1 atom stereocenters. The fourth-order valence-electron chi connectivity index (χ4n) is 1.86. The zero-order chi connectivity index (χ0) is 14.0. The number of nitrogens with two attached hydrogens (primary N) is 1. The van der Waals surface area contributed by atoms with E-state index in [2.05, 4.69) is 12.2 Å². The number of carbonyl (C=O) groups is 2. The van der Waals surface area contributed by atoms with Crippen LogP contribution in [0.4, 0.5) is 0 Å². The molecule has 0 saturated heterocycles. The van der Waals surface area contributed by atoms with Gasteiger partial charge in [0.25, 0.3) is 0 Å². The first-order chi connectivity index (χ1) is 8.54. The highest BCUT2D eigenvalue weighted by Crippen LogP contribution is 2.15. The van der Waals surface area contributed by atoms with Crippen LogP contribution in [0.15, 0.2) is 0 Å². The molecule has 0 fully saturated rings. The molecule has 3 N–H and O–H groups in total. The fraction of sp³-hybridized carbons (Fsp3) is 0.846. The topological polar surface area (TPSA) is 75.4 Å². The van der Waals surface area contributed by atoms with Crippen LogP contribution < -0.4 is 11.1 Å². The summed E-state index contributed by atoms with van der Waals surface area (Å²) < 4.78 is 0. The Balaban J connectivity index is 3.96. The minimum atomic E-state index is -0.109. The number of hydrogen-bond acceptors (Lipinski definition) is 3. The molecule has 0 saturated carbocycles. The van der Waals surface area contributed by atoms with Crippen LogP contribution in [0.1, 0.15) is 39.5 Å². The summed E-state index contributed by atoms with van der Waals surface area (Å²) in [5.74, 6) is 0.427. The molecule has 0 aliphatic rings. The van der Waals surface area contributed by atoms with Gasteiger partial charge in [0.15, 0.2) is 0 Å². The Morgan fingerprint density at radius 1 is 1.28 bits per heavy atom. The standard InChI is InChI=1S/C13H27N3O2/c1-4-11(8-9-14)6-7-13(18)16(3)10-12(17)15-5-2/h11H,4-10,14H2,1-3H3,(H,15,17). The van der Waals surface area contributed by atoms with E-state index in [4.69, 9.17) is 5.73 Å². The molecule has 0 aromatic heterocycles. The molecule has 0 bridgehead atoms. The van der Waals surface area contributed by atoms with Crippen molar-refractivity contribution < 1.29 is 9.59 Å². The summed E-state index contributed by atoms with van der Waals surface area (Å²) in [5, 5.41) is 2.68. The Labute approximate surface area is 110 Å². The van der Waals surface area contributed by atoms with Crippen LogP contribution in [0, 0.1) is 5.92 Å². The van der Waals surface area contributed by atoms with Crippen molar-refractivity contribution in [2.75, 3.05) is 26.7 Å². The van der Waals surface area contributed by atoms with Gasteiger partial charge in [-0.3, -0.25) is 9.59 Å². The predicted molar refractivity (Wildman–Crippen MR) is 73.0 cm³/mol. The molecule has 0 aliphatic carbocycles. The number of amides is 2. The Kier molecular flexibility index (Phi) is 9.28. The van der Waals surface area contributed by atoms with Gasteiger partial charge in [0.1, 0.15) is 0 Å². The number of rotatable bonds is 9. The van der Waals surface area contributed by atoms with Crippen molar-refractivity contribution in [3.63, 3.8) is 0 Å². The van der Waals surface area contributed by atoms with E-state index >= 15 is 0 Å². The molecule has 0 heterocycles. The highest BCUT2D eigenvalue weighted by Gasteiger charge is 2.14. The molecule has 0 radical (unpaired) electrons. The lowest BCUT2D eigenvalue weighted by molar-refractivity contribution is -0.134. The van der Waals surface area contributed by atoms with Gasteiger partial charge in [-0.05, 0) is 32.2 Å². The summed E-state index contributed by atoms with van der Waals surface area (Å²) in [7, 11) is 1.67. The molecule has 5 heteroatoms. The molecular formula is C13H27N3O2. The monoisotopic (exact) mass is 257 g/mol. The van der Waals surface area contributed by atoms with Gasteiger partial charge >= 0.3 is 0 Å². The largest absolute Gasteiger partial charge is 0.355 e. The number of nitrogens with one attached hydrogen (secondary N) is 1. The lowest BCUT2D eigenvalue weighted by Crippen LogP contribution is -2.38. The van der Waals surface area contributed by atoms with Gasteiger partial charge in [0.05, 0.1) is 6.54 Å². The van der Waals surface area contributed by atoms with Crippen LogP contribution in [0.2, 0.25) is 0 Å². The van der Waals surface area contributed by atoms with Crippen LogP contribution in [-0.2, 0) is 9.59 Å². The van der Waals surface area contributed by atoms with Gasteiger partial charge in [0, 0.05) is 20.0 Å². The van der Waals surface area contributed by atoms with Crippen molar-refractivity contribution in [1.82, 2.24) is 10.2 Å². The van der Waals surface area contributed by atoms with E-state index in [1.54, 1.807) is 7.05 Å². The minimum absolute atomic E-state index is 0.0247. The molecule has 1 unspecified atom stereocenters. The van der Waals surface area contributed by atoms with Gasteiger partial charge < -0.3 is 16.0 Å². The van der Waals surface area contributed by atoms with Crippen molar-refractivity contribution in [1.29, 1.82) is 0 Å². The Bertz CT molecular complexity index is 257. The number of nitrogens with zero attached hydrogens (tertiary/aromatic N) is 1. The number of hydrogen-bond donors (Lipinski definition) is 2. The highest BCUT2D eigenvalue weighted by molar-refractivity contribution is 5.84. The average Bonchev–Trinajstić information content (AvgIpc) is 2.34. The zero-order valence-corrected chi connectivity index (χ0v) is 11.9. The Hall–Kier alpha value is -1.10. The van der Waals surface area contributed by atoms with Crippen molar-refractivity contribution in [2.45, 2.75) is 39.5 Å². The molecule has 0 aromatic rings. The van der Waals surface area contributed by atoms with Crippen molar-refractivity contribution in [3.05, 3.63) is 0 Å². The number of likely N-dealkylation sites (N-methyl/N-ethyl adjacent to an activating group) is 2. The molecule has 106 valence electrons. The molecule has 0 aliphatic heterocycles. The normalized spacial score (nSPS) is 12.0. The molecule has 0 rings (SSSR count). The predicted octanol–water partition coefficient (Wildman–Crippen LogP) is 0.736. The molecule has 0 aromatic carbocycles. The fourth-order valence-corrected chi connectivity index (χ4v) is 1.86. The molecule has 18 heavy (non-hydrogen) atoms. The Morgan fingerprint density at radius 2 is 1.94 bits per heavy atom. The van der Waals surface area contributed by atoms with E-state index in [1.807, 2.05) is 6.92 Å². The van der Waals surface area contributed by atoms with Crippen LogP contribution in [-0.4, -0.2) is 43.4 Å². The van der Waals surface area contributed by atoms with Crippen LogP contribution in [0.25, 0.3) is 0 Å². The molecule has 2 amide bonds. The third-order valence-corrected chi connectivity index (χ3v) is 3.10. The van der Waals surface area contributed by atoms with E-state index in [1.165, 1.54) is 4.90 Å². The first kappa shape index (κ1) is 16.9. The zero-order valence-electron chi connectivity index (χ0n) is 11.9. The van der Waals surface area contributed by atoms with Gasteiger partial charge in [0.2, 0.25) is 11.8 Å². The highest BCUT2D eigenvalue weighted by atomic mass is 16.2. The lowest BCUT2D eigenvalue weighted by atomic mass is 9.96. The van der Waals surface area contributed by atoms with Crippen molar-refractivity contribution in [3.8, 4) is 0 Å². The first-order valence-electron chi connectivity index (χ1n) is 6.75. The first-order valence-corrected chi connectivity index (χ1v) is 6.75. The van der Waals surface area contributed by atoms with E-state index in [-0.39, 0.29) is 18.4 Å². The molecule has 5 nitrogen and oxygen atoms in total. The van der Waals surface area contributed by atoms with E-state index < -0.39 is 0 Å². The third kappa shape index (κ3) is 7.27. The smallest absolute Gasteiger partial charge is 0.239 e. The van der Waals surface area contributed by atoms with Crippen LogP contribution >= 0.6 is 0 Å². The summed E-state index contributed by atoms with van der Waals surface area (Å²) in [4.78, 5) is 24.6. The molecular weight excluding hydrogens is 230 g/mol. The van der Waals surface area contributed by atoms with Gasteiger partial charge in [-0.15, -0.1) is 0 Å². The van der Waals surface area contributed by atoms with Crippen LogP contribution in [0.3, 0.4) is 0 Å². The van der Waals surface area contributed by atoms with E-state index in [9.17, 15) is 9.59 Å². The quantitative estimate of drug-likeness (QED) is 0.639. The van der Waals surface area contributed by atoms with Gasteiger partial charge in [-0.1, -0.05) is 13.3 Å². The second kappa shape index (κ2) is 9.88. The summed E-state index contributed by atoms with van der Waals surface area (Å²) in [6, 6.07) is 0. The lowest BCUT2D eigenvalue weighted by Gasteiger charge is -2.18. The van der Waals surface area contributed by atoms with Gasteiger partial charge in [-0.25, -0.2) is 0 Å². The summed E-state index contributed by atoms with van der Waals surface area (Å²) in [5.41, 5.74) is 5.52. The second-order valence-electron chi connectivity index (χ2n) is 4.59. The van der Waals surface area contributed by atoms with E-state index in [0.29, 0.717) is 25.4 Å². The third-order valence-electron chi connectivity index (χ3n) is 3.10. The van der Waals surface area contributed by atoms with E-state index in [0.717, 1.165) is 19.3 Å². The maximum Gasteiger partial charge on any atom is 0.239 e. The maximum atomic E-state index is 11.8. The number of carbonyl (C=O) groups excluding carboxylic acids is 2. The summed E-state index contributed by atoms with van der Waals surface area (Å²) in [6.07, 6.45) is 3.36.